The minimum absolute atomic E-state index is 0.168. The third kappa shape index (κ3) is 3.48. The molecule has 0 aliphatic heterocycles. The highest BCUT2D eigenvalue weighted by Gasteiger charge is 2.38. The van der Waals surface area contributed by atoms with Crippen molar-refractivity contribution in [2.75, 3.05) is 13.1 Å². The second-order valence-electron chi connectivity index (χ2n) is 6.68. The number of rotatable bonds is 5. The van der Waals surface area contributed by atoms with E-state index in [0.717, 1.165) is 24.9 Å². The molecule has 0 aromatic heterocycles. The maximum atomic E-state index is 6.60. The van der Waals surface area contributed by atoms with E-state index >= 15 is 0 Å². The third-order valence-corrected chi connectivity index (χ3v) is 5.18. The molecule has 1 N–H and O–H groups in total. The predicted octanol–water partition coefficient (Wildman–Crippen LogP) is 3.75. The zero-order valence-electron chi connectivity index (χ0n) is 12.5. The lowest BCUT2D eigenvalue weighted by atomic mass is 9.80. The molecule has 0 amide bonds. The summed E-state index contributed by atoms with van der Waals surface area (Å²) in [5.41, 5.74) is 0.168. The molecule has 0 spiro atoms. The molecule has 0 aromatic rings. The van der Waals surface area contributed by atoms with Crippen LogP contribution in [0.25, 0.3) is 0 Å². The van der Waals surface area contributed by atoms with Gasteiger partial charge in [-0.15, -0.1) is 0 Å². The Bertz CT molecular complexity index is 247. The minimum atomic E-state index is 0.168. The van der Waals surface area contributed by atoms with E-state index in [1.54, 1.807) is 0 Å². The van der Waals surface area contributed by atoms with Gasteiger partial charge in [-0.2, -0.15) is 0 Å². The smallest absolute Gasteiger partial charge is 0.0810 e. The number of nitrogens with one attached hydrogen (secondary N) is 1. The normalized spacial score (nSPS) is 35.8. The summed E-state index contributed by atoms with van der Waals surface area (Å²) in [5, 5.41) is 3.52. The average molecular weight is 253 g/mol. The third-order valence-electron chi connectivity index (χ3n) is 5.18. The molecule has 0 radical (unpaired) electrons. The van der Waals surface area contributed by atoms with Gasteiger partial charge in [0.05, 0.1) is 11.7 Å². The summed E-state index contributed by atoms with van der Waals surface area (Å²) < 4.78 is 6.60. The summed E-state index contributed by atoms with van der Waals surface area (Å²) in [6.45, 7) is 9.09. The van der Waals surface area contributed by atoms with Crippen LogP contribution in [0, 0.1) is 11.8 Å². The quantitative estimate of drug-likeness (QED) is 0.805. The van der Waals surface area contributed by atoms with Gasteiger partial charge >= 0.3 is 0 Å². The summed E-state index contributed by atoms with van der Waals surface area (Å²) in [6, 6.07) is 0. The molecule has 2 rings (SSSR count). The van der Waals surface area contributed by atoms with E-state index in [9.17, 15) is 0 Å². The van der Waals surface area contributed by atoms with E-state index in [1.807, 2.05) is 0 Å². The Morgan fingerprint density at radius 2 is 1.83 bits per heavy atom. The van der Waals surface area contributed by atoms with Crippen molar-refractivity contribution in [2.45, 2.75) is 77.4 Å². The Morgan fingerprint density at radius 1 is 1.11 bits per heavy atom. The molecule has 106 valence electrons. The van der Waals surface area contributed by atoms with Crippen LogP contribution in [-0.4, -0.2) is 24.8 Å². The predicted molar refractivity (Wildman–Crippen MR) is 76.8 cm³/mol. The maximum Gasteiger partial charge on any atom is 0.0810 e. The van der Waals surface area contributed by atoms with E-state index in [-0.39, 0.29) is 5.60 Å². The van der Waals surface area contributed by atoms with Gasteiger partial charge in [0.25, 0.3) is 0 Å². The summed E-state index contributed by atoms with van der Waals surface area (Å²) in [4.78, 5) is 0. The molecule has 0 heterocycles. The van der Waals surface area contributed by atoms with Crippen LogP contribution >= 0.6 is 0 Å². The Kier molecular flexibility index (Phi) is 5.08. The monoisotopic (exact) mass is 253 g/mol. The molecule has 3 unspecified atom stereocenters. The van der Waals surface area contributed by atoms with Crippen LogP contribution in [0.4, 0.5) is 0 Å². The van der Waals surface area contributed by atoms with Crippen molar-refractivity contribution in [3.05, 3.63) is 0 Å². The van der Waals surface area contributed by atoms with Gasteiger partial charge in [-0.3, -0.25) is 0 Å². The molecule has 3 atom stereocenters. The molecule has 2 nitrogen and oxygen atoms in total. The van der Waals surface area contributed by atoms with Crippen LogP contribution < -0.4 is 5.32 Å². The van der Waals surface area contributed by atoms with Crippen LogP contribution in [0.15, 0.2) is 0 Å². The second-order valence-corrected chi connectivity index (χ2v) is 6.68. The zero-order chi connectivity index (χ0) is 13.0. The van der Waals surface area contributed by atoms with Gasteiger partial charge in [0.15, 0.2) is 0 Å². The first-order chi connectivity index (χ1) is 8.65. The number of likely N-dealkylation sites (N-methyl/N-ethyl adjacent to an activating group) is 1. The largest absolute Gasteiger partial charge is 0.370 e. The Labute approximate surface area is 113 Å². The number of hydrogen-bond donors (Lipinski definition) is 1. The van der Waals surface area contributed by atoms with Gasteiger partial charge in [-0.05, 0) is 50.5 Å². The Balaban J connectivity index is 1.88. The first-order valence-electron chi connectivity index (χ1n) is 8.04. The number of hydrogen-bond acceptors (Lipinski definition) is 2. The Hall–Kier alpha value is -0.0800. The van der Waals surface area contributed by atoms with E-state index in [0.29, 0.717) is 6.10 Å². The molecule has 0 bridgehead atoms. The fourth-order valence-corrected chi connectivity index (χ4v) is 3.67. The van der Waals surface area contributed by atoms with Crippen molar-refractivity contribution < 1.29 is 4.74 Å². The molecule has 0 aromatic carbocycles. The summed E-state index contributed by atoms with van der Waals surface area (Å²) in [5.74, 6) is 1.72. The molecular weight excluding hydrogens is 222 g/mol. The van der Waals surface area contributed by atoms with Crippen LogP contribution in [0.3, 0.4) is 0 Å². The molecular formula is C16H31NO. The fourth-order valence-electron chi connectivity index (χ4n) is 3.67. The minimum Gasteiger partial charge on any atom is -0.370 e. The van der Waals surface area contributed by atoms with Gasteiger partial charge in [0.1, 0.15) is 0 Å². The van der Waals surface area contributed by atoms with Crippen molar-refractivity contribution in [2.24, 2.45) is 11.8 Å². The summed E-state index contributed by atoms with van der Waals surface area (Å²) >= 11 is 0. The van der Waals surface area contributed by atoms with E-state index in [2.05, 4.69) is 26.1 Å². The lowest BCUT2D eigenvalue weighted by Crippen LogP contribution is -2.44. The van der Waals surface area contributed by atoms with Crippen LogP contribution in [0.1, 0.15) is 65.7 Å². The molecule has 2 saturated carbocycles. The molecule has 0 saturated heterocycles. The van der Waals surface area contributed by atoms with E-state index in [4.69, 9.17) is 4.74 Å². The molecule has 2 aliphatic carbocycles. The first kappa shape index (κ1) is 14.3. The van der Waals surface area contributed by atoms with Gasteiger partial charge in [-0.1, -0.05) is 33.6 Å². The van der Waals surface area contributed by atoms with Crippen molar-refractivity contribution in [1.82, 2.24) is 5.32 Å². The topological polar surface area (TPSA) is 21.3 Å². The van der Waals surface area contributed by atoms with E-state index < -0.39 is 0 Å². The van der Waals surface area contributed by atoms with Crippen LogP contribution in [-0.2, 0) is 4.74 Å². The molecule has 18 heavy (non-hydrogen) atoms. The van der Waals surface area contributed by atoms with Crippen molar-refractivity contribution in [3.8, 4) is 0 Å². The second kappa shape index (κ2) is 6.38. The molecule has 2 fully saturated rings. The highest BCUT2D eigenvalue weighted by atomic mass is 16.5. The highest BCUT2D eigenvalue weighted by molar-refractivity contribution is 4.90. The SMILES string of the molecule is CCNCC1(OC2CCC(C)C(C)C2)CCCC1. The highest BCUT2D eigenvalue weighted by Crippen LogP contribution is 2.38. The number of ether oxygens (including phenoxy) is 1. The average Bonchev–Trinajstić information content (AvgIpc) is 2.80. The standard InChI is InChI=1S/C16H31NO/c1-4-17-12-16(9-5-6-10-16)18-15-8-7-13(2)14(3)11-15/h13-15,17H,4-12H2,1-3H3. The van der Waals surface area contributed by atoms with Crippen molar-refractivity contribution in [3.63, 3.8) is 0 Å². The maximum absolute atomic E-state index is 6.60. The van der Waals surface area contributed by atoms with Gasteiger partial charge in [0.2, 0.25) is 0 Å². The Morgan fingerprint density at radius 3 is 2.44 bits per heavy atom. The molecule has 2 heteroatoms. The van der Waals surface area contributed by atoms with Crippen molar-refractivity contribution >= 4 is 0 Å². The first-order valence-corrected chi connectivity index (χ1v) is 8.04. The van der Waals surface area contributed by atoms with Crippen LogP contribution in [0.5, 0.6) is 0 Å². The van der Waals surface area contributed by atoms with Crippen LogP contribution in [0.2, 0.25) is 0 Å². The van der Waals surface area contributed by atoms with Gasteiger partial charge in [0, 0.05) is 6.54 Å². The lowest BCUT2D eigenvalue weighted by Gasteiger charge is -2.39. The van der Waals surface area contributed by atoms with Gasteiger partial charge in [-0.25, -0.2) is 0 Å². The van der Waals surface area contributed by atoms with Gasteiger partial charge < -0.3 is 10.1 Å². The lowest BCUT2D eigenvalue weighted by molar-refractivity contribution is -0.110. The summed E-state index contributed by atoms with van der Waals surface area (Å²) in [7, 11) is 0. The van der Waals surface area contributed by atoms with E-state index in [1.165, 1.54) is 44.9 Å². The van der Waals surface area contributed by atoms with Crippen molar-refractivity contribution in [1.29, 1.82) is 0 Å². The zero-order valence-corrected chi connectivity index (χ0v) is 12.5. The fraction of sp³-hybridized carbons (Fsp3) is 1.00. The summed E-state index contributed by atoms with van der Waals surface area (Å²) in [6.07, 6.45) is 9.65. The molecule has 2 aliphatic rings.